The third-order valence-corrected chi connectivity index (χ3v) is 1.92. The maximum Gasteiger partial charge on any atom is 0.323 e. The lowest BCUT2D eigenvalue weighted by Crippen LogP contribution is -2.42. The lowest BCUT2D eigenvalue weighted by Gasteiger charge is -2.05. The summed E-state index contributed by atoms with van der Waals surface area (Å²) in [6, 6.07) is 1.82. The number of aromatic nitrogens is 1. The normalized spacial score (nSPS) is 9.47. The van der Waals surface area contributed by atoms with Gasteiger partial charge in [0, 0.05) is 18.9 Å². The van der Waals surface area contributed by atoms with Gasteiger partial charge in [0.15, 0.2) is 0 Å². The van der Waals surface area contributed by atoms with E-state index < -0.39 is 11.8 Å². The van der Waals surface area contributed by atoms with Crippen LogP contribution < -0.4 is 16.6 Å². The molecule has 1 rings (SSSR count). The Hall–Kier alpha value is -1.95. The summed E-state index contributed by atoms with van der Waals surface area (Å²) in [7, 11) is 0. The Balaban J connectivity index is 2.54. The number of rotatable bonds is 2. The second-order valence-corrected chi connectivity index (χ2v) is 2.96. The van der Waals surface area contributed by atoms with Gasteiger partial charge >= 0.3 is 11.8 Å². The largest absolute Gasteiger partial charge is 0.344 e. The van der Waals surface area contributed by atoms with Crippen LogP contribution in [0.5, 0.6) is 0 Å². The van der Waals surface area contributed by atoms with Crippen molar-refractivity contribution in [3.8, 4) is 0 Å². The number of hydrazine groups is 1. The molecule has 6 heteroatoms. The Bertz CT molecular complexity index is 378. The van der Waals surface area contributed by atoms with Gasteiger partial charge in [-0.25, -0.2) is 5.84 Å². The van der Waals surface area contributed by atoms with Crippen molar-refractivity contribution < 1.29 is 9.59 Å². The summed E-state index contributed by atoms with van der Waals surface area (Å²) in [6.45, 7) is 2.15. The molecule has 80 valence electrons. The van der Waals surface area contributed by atoms with Gasteiger partial charge in [-0.15, -0.1) is 0 Å². The van der Waals surface area contributed by atoms with Crippen LogP contribution in [0.2, 0.25) is 0 Å². The van der Waals surface area contributed by atoms with E-state index in [0.29, 0.717) is 0 Å². The number of carbonyl (C=O) groups excluding carboxylic acids is 2. The first-order valence-electron chi connectivity index (χ1n) is 4.33. The third-order valence-electron chi connectivity index (χ3n) is 1.92. The molecule has 0 aliphatic heterocycles. The summed E-state index contributed by atoms with van der Waals surface area (Å²) in [4.78, 5) is 25.7. The van der Waals surface area contributed by atoms with Crippen molar-refractivity contribution in [2.75, 3.05) is 0 Å². The van der Waals surface area contributed by atoms with Crippen molar-refractivity contribution in [3.63, 3.8) is 0 Å². The molecule has 0 aliphatic carbocycles. The molecular formula is C9H12N4O2. The molecule has 6 nitrogen and oxygen atoms in total. The first kappa shape index (κ1) is 11.1. The van der Waals surface area contributed by atoms with Gasteiger partial charge < -0.3 is 5.32 Å². The number of nitrogens with one attached hydrogen (secondary N) is 2. The SMILES string of the molecule is Cc1ccncc1CNC(=O)C(=O)NN. The number of nitrogens with zero attached hydrogens (tertiary/aromatic N) is 1. The van der Waals surface area contributed by atoms with Crippen LogP contribution in [0.4, 0.5) is 0 Å². The fourth-order valence-electron chi connectivity index (χ4n) is 1.00. The molecule has 0 bridgehead atoms. The second-order valence-electron chi connectivity index (χ2n) is 2.96. The molecule has 0 atom stereocenters. The van der Waals surface area contributed by atoms with Crippen LogP contribution >= 0.6 is 0 Å². The van der Waals surface area contributed by atoms with E-state index >= 15 is 0 Å². The summed E-state index contributed by atoms with van der Waals surface area (Å²) in [5, 5.41) is 2.42. The maximum atomic E-state index is 11.0. The molecule has 0 aliphatic rings. The predicted octanol–water partition coefficient (Wildman–Crippen LogP) is -1.00. The Morgan fingerprint density at radius 1 is 1.47 bits per heavy atom. The van der Waals surface area contributed by atoms with Gasteiger partial charge in [-0.1, -0.05) is 0 Å². The van der Waals surface area contributed by atoms with Crippen molar-refractivity contribution in [3.05, 3.63) is 29.6 Å². The molecule has 1 heterocycles. The Labute approximate surface area is 86.8 Å². The van der Waals surface area contributed by atoms with Gasteiger partial charge in [-0.05, 0) is 24.1 Å². The summed E-state index contributed by atoms with van der Waals surface area (Å²) in [5.41, 5.74) is 3.60. The van der Waals surface area contributed by atoms with Crippen LogP contribution in [0.3, 0.4) is 0 Å². The van der Waals surface area contributed by atoms with E-state index in [9.17, 15) is 9.59 Å². The predicted molar refractivity (Wildman–Crippen MR) is 53.2 cm³/mol. The molecule has 15 heavy (non-hydrogen) atoms. The summed E-state index contributed by atoms with van der Waals surface area (Å²) < 4.78 is 0. The van der Waals surface area contributed by atoms with Crippen molar-refractivity contribution in [2.24, 2.45) is 5.84 Å². The third kappa shape index (κ3) is 3.03. The lowest BCUT2D eigenvalue weighted by molar-refractivity contribution is -0.139. The van der Waals surface area contributed by atoms with Crippen LogP contribution in [0.25, 0.3) is 0 Å². The van der Waals surface area contributed by atoms with E-state index in [0.717, 1.165) is 11.1 Å². The van der Waals surface area contributed by atoms with Crippen LogP contribution in [0.1, 0.15) is 11.1 Å². The van der Waals surface area contributed by atoms with Gasteiger partial charge in [0.1, 0.15) is 0 Å². The van der Waals surface area contributed by atoms with E-state index in [2.05, 4.69) is 10.3 Å². The average molecular weight is 208 g/mol. The van der Waals surface area contributed by atoms with Crippen molar-refractivity contribution in [2.45, 2.75) is 13.5 Å². The smallest absolute Gasteiger partial charge is 0.323 e. The number of carbonyl (C=O) groups is 2. The minimum atomic E-state index is -0.864. The van der Waals surface area contributed by atoms with Gasteiger partial charge in [0.05, 0.1) is 0 Å². The quantitative estimate of drug-likeness (QED) is 0.251. The molecule has 0 radical (unpaired) electrons. The number of hydrogen-bond donors (Lipinski definition) is 3. The number of amides is 2. The zero-order valence-corrected chi connectivity index (χ0v) is 8.28. The van der Waals surface area contributed by atoms with Gasteiger partial charge in [-0.3, -0.25) is 20.0 Å². The van der Waals surface area contributed by atoms with E-state index in [1.54, 1.807) is 17.8 Å². The number of pyridine rings is 1. The van der Waals surface area contributed by atoms with E-state index in [1.165, 1.54) is 0 Å². The molecular weight excluding hydrogens is 196 g/mol. The van der Waals surface area contributed by atoms with Crippen molar-refractivity contribution >= 4 is 11.8 Å². The topological polar surface area (TPSA) is 97.1 Å². The highest BCUT2D eigenvalue weighted by atomic mass is 16.2. The van der Waals surface area contributed by atoms with Gasteiger partial charge in [0.25, 0.3) is 0 Å². The summed E-state index contributed by atoms with van der Waals surface area (Å²) in [6.07, 6.45) is 3.29. The molecule has 0 saturated heterocycles. The molecule has 0 saturated carbocycles. The van der Waals surface area contributed by atoms with Gasteiger partial charge in [-0.2, -0.15) is 0 Å². The fraction of sp³-hybridized carbons (Fsp3) is 0.222. The van der Waals surface area contributed by atoms with E-state index in [4.69, 9.17) is 5.84 Å². The molecule has 4 N–H and O–H groups in total. The summed E-state index contributed by atoms with van der Waals surface area (Å²) >= 11 is 0. The number of aryl methyl sites for hydroxylation is 1. The minimum Gasteiger partial charge on any atom is -0.344 e. The van der Waals surface area contributed by atoms with E-state index in [1.807, 2.05) is 13.0 Å². The molecule has 2 amide bonds. The molecule has 1 aromatic heterocycles. The lowest BCUT2D eigenvalue weighted by atomic mass is 10.1. The number of hydrogen-bond acceptors (Lipinski definition) is 4. The van der Waals surface area contributed by atoms with Crippen molar-refractivity contribution in [1.29, 1.82) is 0 Å². The highest BCUT2D eigenvalue weighted by Gasteiger charge is 2.10. The van der Waals surface area contributed by atoms with Crippen molar-refractivity contribution in [1.82, 2.24) is 15.7 Å². The molecule has 0 fully saturated rings. The fourth-order valence-corrected chi connectivity index (χ4v) is 1.00. The first-order chi connectivity index (χ1) is 7.15. The van der Waals surface area contributed by atoms with E-state index in [-0.39, 0.29) is 6.54 Å². The van der Waals surface area contributed by atoms with Crippen LogP contribution in [0, 0.1) is 6.92 Å². The zero-order chi connectivity index (χ0) is 11.3. The average Bonchev–Trinajstić information content (AvgIpc) is 2.26. The zero-order valence-electron chi connectivity index (χ0n) is 8.28. The van der Waals surface area contributed by atoms with Crippen LogP contribution in [-0.2, 0) is 16.1 Å². The Morgan fingerprint density at radius 2 is 2.20 bits per heavy atom. The summed E-state index contributed by atoms with van der Waals surface area (Å²) in [5.74, 6) is 3.17. The monoisotopic (exact) mass is 208 g/mol. The minimum absolute atomic E-state index is 0.256. The second kappa shape index (κ2) is 5.06. The van der Waals surface area contributed by atoms with Crippen LogP contribution in [0.15, 0.2) is 18.5 Å². The molecule has 0 spiro atoms. The number of nitrogens with two attached hydrogens (primary N) is 1. The Morgan fingerprint density at radius 3 is 2.80 bits per heavy atom. The molecule has 0 unspecified atom stereocenters. The Kier molecular flexibility index (Phi) is 3.75. The molecule has 0 aromatic carbocycles. The molecule has 1 aromatic rings. The standard InChI is InChI=1S/C9H12N4O2/c1-6-2-3-11-4-7(6)5-12-8(14)9(15)13-10/h2-4H,5,10H2,1H3,(H,12,14)(H,13,15). The van der Waals surface area contributed by atoms with Crippen LogP contribution in [-0.4, -0.2) is 16.8 Å². The highest BCUT2D eigenvalue weighted by Crippen LogP contribution is 2.03. The first-order valence-corrected chi connectivity index (χ1v) is 4.33. The maximum absolute atomic E-state index is 11.0. The van der Waals surface area contributed by atoms with Gasteiger partial charge in [0.2, 0.25) is 0 Å². The highest BCUT2D eigenvalue weighted by molar-refractivity contribution is 6.34.